The van der Waals surface area contributed by atoms with Crippen LogP contribution in [0.3, 0.4) is 0 Å². The first-order valence-corrected chi connectivity index (χ1v) is 2.55. The molecule has 0 radical (unpaired) electrons. The van der Waals surface area contributed by atoms with Crippen LogP contribution in [0, 0.1) is 0 Å². The monoisotopic (exact) mass is 171 g/mol. The summed E-state index contributed by atoms with van der Waals surface area (Å²) in [5.74, 6) is 0. The Hall–Kier alpha value is 0.155. The van der Waals surface area contributed by atoms with Gasteiger partial charge in [0.2, 0.25) is 0 Å². The number of halogens is 1. The summed E-state index contributed by atoms with van der Waals surface area (Å²) in [6.07, 6.45) is -0.618. The average molecular weight is 171 g/mol. The zero-order valence-electron chi connectivity index (χ0n) is 5.30. The molecule has 0 aromatic carbocycles. The molecule has 0 unspecified atom stereocenters. The number of nitrogens with two attached hydrogens (primary N) is 1. The number of hydrogen-bond donors (Lipinski definition) is 4. The minimum Gasteiger partial charge on any atom is -0.402 e. The van der Waals surface area contributed by atoms with Gasteiger partial charge in [-0.25, -0.2) is 0 Å². The van der Waals surface area contributed by atoms with Crippen LogP contribution >= 0.6 is 12.4 Å². The summed E-state index contributed by atoms with van der Waals surface area (Å²) in [5, 5.41) is 24.5. The second kappa shape index (κ2) is 7.26. The first kappa shape index (κ1) is 12.8. The van der Waals surface area contributed by atoms with Crippen molar-refractivity contribution in [1.29, 1.82) is 0 Å². The van der Waals surface area contributed by atoms with Crippen molar-refractivity contribution in [3.63, 3.8) is 0 Å². The predicted octanol–water partition coefficient (Wildman–Crippen LogP) is -1.94. The third-order valence-electron chi connectivity index (χ3n) is 0.710. The summed E-state index contributed by atoms with van der Waals surface area (Å²) >= 11 is 0. The lowest BCUT2D eigenvalue weighted by Gasteiger charge is -2.09. The first-order chi connectivity index (χ1) is 4.16. The summed E-state index contributed by atoms with van der Waals surface area (Å²) in [4.78, 5) is 0. The Balaban J connectivity index is 0. The highest BCUT2D eigenvalue weighted by Crippen LogP contribution is 1.88. The Bertz CT molecular complexity index is 75.5. The summed E-state index contributed by atoms with van der Waals surface area (Å²) < 4.78 is 4.22. The van der Waals surface area contributed by atoms with Crippen molar-refractivity contribution in [1.82, 2.24) is 0 Å². The Morgan fingerprint density at radius 2 is 2.00 bits per heavy atom. The molecular formula is C3H11BClNO4. The minimum absolute atomic E-state index is 0. The molecule has 0 rings (SSSR count). The molecule has 0 aromatic rings. The fourth-order valence-corrected chi connectivity index (χ4v) is 0.352. The Morgan fingerprint density at radius 3 is 2.30 bits per heavy atom. The molecule has 0 spiro atoms. The van der Waals surface area contributed by atoms with Crippen molar-refractivity contribution in [3.05, 3.63) is 0 Å². The van der Waals surface area contributed by atoms with Crippen LogP contribution in [-0.4, -0.2) is 35.3 Å². The normalized spacial score (nSPS) is 12.0. The second-order valence-electron chi connectivity index (χ2n) is 1.51. The van der Waals surface area contributed by atoms with Gasteiger partial charge in [0, 0.05) is 13.0 Å². The van der Waals surface area contributed by atoms with Gasteiger partial charge in [0.25, 0.3) is 0 Å². The SMILES string of the molecule is Cl.N[C@H](CCO)OB(O)O. The highest BCUT2D eigenvalue weighted by molar-refractivity contribution is 6.32. The van der Waals surface area contributed by atoms with Gasteiger partial charge in [0.05, 0.1) is 6.23 Å². The van der Waals surface area contributed by atoms with Crippen molar-refractivity contribution in [3.8, 4) is 0 Å². The van der Waals surface area contributed by atoms with Crippen LogP contribution in [0.2, 0.25) is 0 Å². The maximum Gasteiger partial charge on any atom is 0.635 e. The zero-order valence-corrected chi connectivity index (χ0v) is 6.12. The lowest BCUT2D eigenvalue weighted by molar-refractivity contribution is 0.0994. The Labute approximate surface area is 65.4 Å². The molecule has 5 nitrogen and oxygen atoms in total. The van der Waals surface area contributed by atoms with Gasteiger partial charge in [-0.1, -0.05) is 0 Å². The van der Waals surface area contributed by atoms with Crippen LogP contribution in [0.4, 0.5) is 0 Å². The molecule has 10 heavy (non-hydrogen) atoms. The number of rotatable bonds is 4. The fraction of sp³-hybridized carbons (Fsp3) is 1.00. The summed E-state index contributed by atoms with van der Waals surface area (Å²) in [6.45, 7) is -0.131. The number of aliphatic hydroxyl groups is 1. The Morgan fingerprint density at radius 1 is 1.50 bits per heavy atom. The van der Waals surface area contributed by atoms with Gasteiger partial charge in [0.1, 0.15) is 0 Å². The highest BCUT2D eigenvalue weighted by Gasteiger charge is 2.13. The van der Waals surface area contributed by atoms with Gasteiger partial charge >= 0.3 is 7.32 Å². The molecule has 0 bridgehead atoms. The van der Waals surface area contributed by atoms with Crippen molar-refractivity contribution in [2.75, 3.05) is 6.61 Å². The van der Waals surface area contributed by atoms with Crippen LogP contribution in [-0.2, 0) is 4.65 Å². The molecule has 0 aliphatic rings. The van der Waals surface area contributed by atoms with E-state index in [0.29, 0.717) is 0 Å². The lowest BCUT2D eigenvalue weighted by atomic mass is 10.2. The molecule has 0 heterocycles. The fourth-order valence-electron chi connectivity index (χ4n) is 0.352. The van der Waals surface area contributed by atoms with Crippen molar-refractivity contribution in [2.24, 2.45) is 5.73 Å². The van der Waals surface area contributed by atoms with E-state index in [4.69, 9.17) is 20.9 Å². The van der Waals surface area contributed by atoms with Crippen LogP contribution in [0.25, 0.3) is 0 Å². The van der Waals surface area contributed by atoms with E-state index in [-0.39, 0.29) is 25.4 Å². The molecule has 5 N–H and O–H groups in total. The van der Waals surface area contributed by atoms with Gasteiger partial charge in [-0.05, 0) is 0 Å². The first-order valence-electron chi connectivity index (χ1n) is 2.55. The van der Waals surface area contributed by atoms with E-state index >= 15 is 0 Å². The molecule has 0 aromatic heterocycles. The average Bonchev–Trinajstić information content (AvgIpc) is 1.63. The topological polar surface area (TPSA) is 95.9 Å². The Kier molecular flexibility index (Phi) is 9.30. The van der Waals surface area contributed by atoms with Gasteiger partial charge in [0.15, 0.2) is 0 Å². The van der Waals surface area contributed by atoms with E-state index in [2.05, 4.69) is 4.65 Å². The lowest BCUT2D eigenvalue weighted by Crippen LogP contribution is -2.33. The molecule has 62 valence electrons. The maximum absolute atomic E-state index is 8.23. The molecule has 0 saturated carbocycles. The van der Waals surface area contributed by atoms with Crippen LogP contribution < -0.4 is 5.73 Å². The zero-order chi connectivity index (χ0) is 7.28. The van der Waals surface area contributed by atoms with Gasteiger partial charge in [-0.2, -0.15) is 0 Å². The van der Waals surface area contributed by atoms with E-state index in [1.807, 2.05) is 0 Å². The molecule has 1 atom stereocenters. The summed E-state index contributed by atoms with van der Waals surface area (Å²) in [7, 11) is -1.86. The third kappa shape index (κ3) is 8.15. The van der Waals surface area contributed by atoms with Crippen molar-refractivity contribution >= 4 is 19.7 Å². The quantitative estimate of drug-likeness (QED) is 0.292. The van der Waals surface area contributed by atoms with Crippen molar-refractivity contribution in [2.45, 2.75) is 12.6 Å². The van der Waals surface area contributed by atoms with Gasteiger partial charge in [-0.15, -0.1) is 12.4 Å². The number of hydrogen-bond acceptors (Lipinski definition) is 5. The van der Waals surface area contributed by atoms with E-state index in [1.165, 1.54) is 0 Å². The molecule has 0 saturated heterocycles. The standard InChI is InChI=1S/C3H10BNO4.ClH/c5-3(1-2-6)9-4(7)8;/h3,6-8H,1-2,5H2;1H/t3-;/m0./s1. The maximum atomic E-state index is 8.23. The second-order valence-corrected chi connectivity index (χ2v) is 1.51. The van der Waals surface area contributed by atoms with E-state index in [1.54, 1.807) is 0 Å². The van der Waals surface area contributed by atoms with Crippen molar-refractivity contribution < 1.29 is 19.8 Å². The molecule has 0 aliphatic carbocycles. The predicted molar refractivity (Wildman–Crippen MR) is 38.2 cm³/mol. The smallest absolute Gasteiger partial charge is 0.402 e. The van der Waals surface area contributed by atoms with E-state index in [9.17, 15) is 0 Å². The van der Waals surface area contributed by atoms with Gasteiger partial charge in [-0.3, -0.25) is 0 Å². The summed E-state index contributed by atoms with van der Waals surface area (Å²) in [5.41, 5.74) is 5.08. The molecule has 0 amide bonds. The van der Waals surface area contributed by atoms with Crippen LogP contribution in [0.5, 0.6) is 0 Å². The van der Waals surface area contributed by atoms with Crippen LogP contribution in [0.15, 0.2) is 0 Å². The largest absolute Gasteiger partial charge is 0.635 e. The number of aliphatic hydroxyl groups excluding tert-OH is 1. The molecular weight excluding hydrogens is 160 g/mol. The summed E-state index contributed by atoms with van der Waals surface area (Å²) in [6, 6.07) is 0. The van der Waals surface area contributed by atoms with Gasteiger partial charge < -0.3 is 25.5 Å². The third-order valence-corrected chi connectivity index (χ3v) is 0.710. The van der Waals surface area contributed by atoms with E-state index in [0.717, 1.165) is 0 Å². The minimum atomic E-state index is -1.86. The highest BCUT2D eigenvalue weighted by atomic mass is 35.5. The molecule has 7 heteroatoms. The molecule has 0 aliphatic heterocycles. The van der Waals surface area contributed by atoms with Crippen LogP contribution in [0.1, 0.15) is 6.42 Å². The molecule has 0 fully saturated rings. The van der Waals surface area contributed by atoms with E-state index < -0.39 is 13.5 Å².